The molecular formula is C23H36N4O4. The largest absolute Gasteiger partial charge is 0.495 e. The van der Waals surface area contributed by atoms with Crippen LogP contribution >= 0.6 is 0 Å². The van der Waals surface area contributed by atoms with E-state index >= 15 is 0 Å². The van der Waals surface area contributed by atoms with Gasteiger partial charge in [0.05, 0.1) is 18.5 Å². The van der Waals surface area contributed by atoms with Crippen molar-refractivity contribution in [2.24, 2.45) is 0 Å². The summed E-state index contributed by atoms with van der Waals surface area (Å²) in [6.45, 7) is 12.1. The van der Waals surface area contributed by atoms with Gasteiger partial charge < -0.3 is 25.0 Å². The van der Waals surface area contributed by atoms with E-state index in [0.717, 1.165) is 44.7 Å². The van der Waals surface area contributed by atoms with Crippen molar-refractivity contribution in [2.45, 2.75) is 52.2 Å². The number of ketones is 1. The molecule has 2 N–H and O–H groups in total. The lowest BCUT2D eigenvalue weighted by Gasteiger charge is -2.43. The number of piperidine rings is 1. The van der Waals surface area contributed by atoms with E-state index in [2.05, 4.69) is 9.80 Å². The van der Waals surface area contributed by atoms with Crippen LogP contribution in [0.3, 0.4) is 0 Å². The monoisotopic (exact) mass is 432 g/mol. The zero-order chi connectivity index (χ0) is 22.8. The van der Waals surface area contributed by atoms with Gasteiger partial charge in [0.15, 0.2) is 5.78 Å². The number of nitrogen functional groups attached to an aromatic ring is 1. The summed E-state index contributed by atoms with van der Waals surface area (Å²) in [4.78, 5) is 31.0. The molecule has 172 valence electrons. The zero-order valence-corrected chi connectivity index (χ0v) is 19.4. The first kappa shape index (κ1) is 23.2. The van der Waals surface area contributed by atoms with Gasteiger partial charge in [-0.3, -0.25) is 9.69 Å². The minimum atomic E-state index is -0.468. The van der Waals surface area contributed by atoms with Crippen molar-refractivity contribution in [1.29, 1.82) is 0 Å². The molecule has 31 heavy (non-hydrogen) atoms. The van der Waals surface area contributed by atoms with Crippen LogP contribution in [0.4, 0.5) is 16.2 Å². The number of hydrogen-bond acceptors (Lipinski definition) is 7. The third kappa shape index (κ3) is 5.61. The Morgan fingerprint density at radius 1 is 1.03 bits per heavy atom. The Kier molecular flexibility index (Phi) is 6.99. The van der Waals surface area contributed by atoms with Gasteiger partial charge in [-0.2, -0.15) is 0 Å². The third-order valence-corrected chi connectivity index (χ3v) is 6.01. The highest BCUT2D eigenvalue weighted by atomic mass is 16.6. The molecule has 2 fully saturated rings. The number of piperazine rings is 1. The fraction of sp³-hybridized carbons (Fsp3) is 0.652. The second kappa shape index (κ2) is 9.34. The van der Waals surface area contributed by atoms with Gasteiger partial charge in [0.25, 0.3) is 0 Å². The Bertz CT molecular complexity index is 805. The molecule has 1 amide bonds. The van der Waals surface area contributed by atoms with Crippen LogP contribution < -0.4 is 15.4 Å². The van der Waals surface area contributed by atoms with Crippen molar-refractivity contribution in [1.82, 2.24) is 9.80 Å². The molecule has 0 atom stereocenters. The molecule has 0 bridgehead atoms. The number of methoxy groups -OCH3 is 1. The van der Waals surface area contributed by atoms with Crippen LogP contribution in [0.1, 0.15) is 50.9 Å². The smallest absolute Gasteiger partial charge is 0.410 e. The standard InChI is InChI=1S/C23H36N4O4/c1-16(28)18-14-19(24)21(30-5)15-20(18)26-8-6-17(7-9-26)25-10-12-27(13-11-25)22(29)31-23(2,3)4/h14-15,17H,6-13,24H2,1-5H3. The summed E-state index contributed by atoms with van der Waals surface area (Å²) in [5.41, 5.74) is 7.56. The highest BCUT2D eigenvalue weighted by Crippen LogP contribution is 2.34. The Balaban J connectivity index is 1.57. The number of hydrogen-bond donors (Lipinski definition) is 1. The van der Waals surface area contributed by atoms with Gasteiger partial charge in [0.2, 0.25) is 0 Å². The predicted molar refractivity (Wildman–Crippen MR) is 122 cm³/mol. The molecule has 0 aliphatic carbocycles. The Labute approximate surface area is 185 Å². The molecule has 0 aromatic heterocycles. The maximum atomic E-state index is 12.3. The molecule has 1 aromatic carbocycles. The van der Waals surface area contributed by atoms with Crippen LogP contribution in [0.5, 0.6) is 5.75 Å². The van der Waals surface area contributed by atoms with Crippen LogP contribution in [0.25, 0.3) is 0 Å². The van der Waals surface area contributed by atoms with Gasteiger partial charge in [-0.1, -0.05) is 0 Å². The number of carbonyl (C=O) groups is 2. The topological polar surface area (TPSA) is 88.3 Å². The molecule has 0 saturated carbocycles. The molecular weight excluding hydrogens is 396 g/mol. The number of Topliss-reactive ketones (excluding diaryl/α,β-unsaturated/α-hetero) is 1. The van der Waals surface area contributed by atoms with Gasteiger partial charge in [-0.05, 0) is 46.6 Å². The molecule has 0 radical (unpaired) electrons. The van der Waals surface area contributed by atoms with E-state index in [1.807, 2.05) is 26.8 Å². The highest BCUT2D eigenvalue weighted by molar-refractivity contribution is 6.01. The number of ether oxygens (including phenoxy) is 2. The number of anilines is 2. The molecule has 8 nitrogen and oxygen atoms in total. The van der Waals surface area contributed by atoms with Crippen LogP contribution in [-0.2, 0) is 4.74 Å². The van der Waals surface area contributed by atoms with E-state index < -0.39 is 5.60 Å². The fourth-order valence-corrected chi connectivity index (χ4v) is 4.37. The lowest BCUT2D eigenvalue weighted by atomic mass is 9.99. The molecule has 1 aromatic rings. The van der Waals surface area contributed by atoms with E-state index in [1.54, 1.807) is 25.0 Å². The minimum absolute atomic E-state index is 0.00439. The Hall–Kier alpha value is -2.48. The van der Waals surface area contributed by atoms with Gasteiger partial charge >= 0.3 is 6.09 Å². The molecule has 0 unspecified atom stereocenters. The Morgan fingerprint density at radius 2 is 1.65 bits per heavy atom. The molecule has 2 heterocycles. The summed E-state index contributed by atoms with van der Waals surface area (Å²) >= 11 is 0. The van der Waals surface area contributed by atoms with Crippen LogP contribution in [0.15, 0.2) is 12.1 Å². The first-order chi connectivity index (χ1) is 14.6. The molecule has 3 rings (SSSR count). The summed E-state index contributed by atoms with van der Waals surface area (Å²) < 4.78 is 10.9. The van der Waals surface area contributed by atoms with E-state index in [4.69, 9.17) is 15.2 Å². The van der Waals surface area contributed by atoms with E-state index in [0.29, 0.717) is 36.1 Å². The van der Waals surface area contributed by atoms with Gasteiger partial charge in [0.1, 0.15) is 11.4 Å². The number of nitrogens with two attached hydrogens (primary N) is 1. The molecule has 2 aliphatic rings. The van der Waals surface area contributed by atoms with Crippen molar-refractivity contribution < 1.29 is 19.1 Å². The molecule has 8 heteroatoms. The second-order valence-electron chi connectivity index (χ2n) is 9.39. The number of carbonyl (C=O) groups excluding carboxylic acids is 2. The molecule has 2 aliphatic heterocycles. The quantitative estimate of drug-likeness (QED) is 0.578. The van der Waals surface area contributed by atoms with Gasteiger partial charge in [-0.15, -0.1) is 0 Å². The average molecular weight is 433 g/mol. The number of benzene rings is 1. The maximum absolute atomic E-state index is 12.3. The van der Waals surface area contributed by atoms with Crippen LogP contribution in [-0.4, -0.2) is 79.7 Å². The third-order valence-electron chi connectivity index (χ3n) is 6.01. The summed E-state index contributed by atoms with van der Waals surface area (Å²) in [6, 6.07) is 4.08. The van der Waals surface area contributed by atoms with Crippen molar-refractivity contribution >= 4 is 23.3 Å². The number of amides is 1. The van der Waals surface area contributed by atoms with Gasteiger partial charge in [-0.25, -0.2) is 4.79 Å². The lowest BCUT2D eigenvalue weighted by Crippen LogP contribution is -2.55. The summed E-state index contributed by atoms with van der Waals surface area (Å²) in [5.74, 6) is 0.602. The Morgan fingerprint density at radius 3 is 2.16 bits per heavy atom. The number of nitrogens with zero attached hydrogens (tertiary/aromatic N) is 3. The average Bonchev–Trinajstić information content (AvgIpc) is 2.72. The molecule has 2 saturated heterocycles. The first-order valence-electron chi connectivity index (χ1n) is 11.0. The first-order valence-corrected chi connectivity index (χ1v) is 11.0. The lowest BCUT2D eigenvalue weighted by molar-refractivity contribution is 0.00901. The van der Waals surface area contributed by atoms with E-state index in [9.17, 15) is 9.59 Å². The summed E-state index contributed by atoms with van der Waals surface area (Å²) in [7, 11) is 1.59. The SMILES string of the molecule is COc1cc(N2CCC(N3CCN(C(=O)OC(C)(C)C)CC3)CC2)c(C(C)=O)cc1N. The summed E-state index contributed by atoms with van der Waals surface area (Å²) in [6.07, 6.45) is 1.79. The highest BCUT2D eigenvalue weighted by Gasteiger charge is 2.31. The van der Waals surface area contributed by atoms with E-state index in [1.165, 1.54) is 0 Å². The van der Waals surface area contributed by atoms with Crippen LogP contribution in [0, 0.1) is 0 Å². The van der Waals surface area contributed by atoms with E-state index in [-0.39, 0.29) is 11.9 Å². The normalized spacial score (nSPS) is 18.7. The fourth-order valence-electron chi connectivity index (χ4n) is 4.37. The van der Waals surface area contributed by atoms with Crippen molar-refractivity contribution in [3.8, 4) is 5.75 Å². The molecule has 0 spiro atoms. The maximum Gasteiger partial charge on any atom is 0.410 e. The van der Waals surface area contributed by atoms with Crippen molar-refractivity contribution in [2.75, 3.05) is 57.0 Å². The zero-order valence-electron chi connectivity index (χ0n) is 19.4. The number of rotatable bonds is 4. The van der Waals surface area contributed by atoms with Crippen LogP contribution in [0.2, 0.25) is 0 Å². The summed E-state index contributed by atoms with van der Waals surface area (Å²) in [5, 5.41) is 0. The van der Waals surface area contributed by atoms with Gasteiger partial charge in [0, 0.05) is 56.9 Å². The van der Waals surface area contributed by atoms with Crippen molar-refractivity contribution in [3.05, 3.63) is 17.7 Å². The minimum Gasteiger partial charge on any atom is -0.495 e. The predicted octanol–water partition coefficient (Wildman–Crippen LogP) is 3.00. The second-order valence-corrected chi connectivity index (χ2v) is 9.39. The van der Waals surface area contributed by atoms with Crippen molar-refractivity contribution in [3.63, 3.8) is 0 Å².